The summed E-state index contributed by atoms with van der Waals surface area (Å²) in [5, 5.41) is 11.1. The summed E-state index contributed by atoms with van der Waals surface area (Å²) in [6.07, 6.45) is 2.48. The largest absolute Gasteiger partial charge is 0.391 e. The van der Waals surface area contributed by atoms with Gasteiger partial charge in [0.25, 0.3) is 0 Å². The van der Waals surface area contributed by atoms with E-state index in [0.29, 0.717) is 43.4 Å². The molecule has 1 aliphatic carbocycles. The molecule has 2 aromatic carbocycles. The molecule has 0 aliphatic heterocycles. The Hall–Kier alpha value is -3.33. The number of imidazole rings is 1. The Bertz CT molecular complexity index is 1180. The van der Waals surface area contributed by atoms with Gasteiger partial charge in [0.05, 0.1) is 44.9 Å². The molecule has 0 bridgehead atoms. The first-order chi connectivity index (χ1) is 16.2. The molecule has 2 aromatic heterocycles. The highest BCUT2D eigenvalue weighted by molar-refractivity contribution is 5.81. The number of fused-ring (bicyclic) bond motifs is 1. The van der Waals surface area contributed by atoms with Crippen LogP contribution in [0.1, 0.15) is 17.2 Å². The standard InChI is InChI=1S/C25H27N5O3/c26-24-21-25(28-15-27-24)30(16-29-21)22-19(13-32-11-17-7-3-1-4-8-17)20(23(22)31)14-33-12-18-9-5-2-6-10-18/h1-10,15-16,19-20,22-23,31H,11-14H2,(H2,26,27,28)/t19-,20-,22+,23+/m0/s1. The summed E-state index contributed by atoms with van der Waals surface area (Å²) >= 11 is 0. The van der Waals surface area contributed by atoms with Gasteiger partial charge in [-0.25, -0.2) is 15.0 Å². The lowest BCUT2D eigenvalue weighted by Crippen LogP contribution is -2.55. The van der Waals surface area contributed by atoms with Crippen molar-refractivity contribution in [3.8, 4) is 0 Å². The molecule has 8 heteroatoms. The van der Waals surface area contributed by atoms with Gasteiger partial charge in [-0.3, -0.25) is 0 Å². The Kier molecular flexibility index (Phi) is 6.30. The van der Waals surface area contributed by atoms with Crippen LogP contribution in [0.4, 0.5) is 5.82 Å². The maximum Gasteiger partial charge on any atom is 0.165 e. The quantitative estimate of drug-likeness (QED) is 0.408. The molecule has 1 fully saturated rings. The van der Waals surface area contributed by atoms with Gasteiger partial charge in [-0.2, -0.15) is 0 Å². The van der Waals surface area contributed by atoms with E-state index in [4.69, 9.17) is 15.2 Å². The average molecular weight is 446 g/mol. The molecule has 8 nitrogen and oxygen atoms in total. The van der Waals surface area contributed by atoms with E-state index >= 15 is 0 Å². The van der Waals surface area contributed by atoms with Gasteiger partial charge < -0.3 is 24.9 Å². The number of anilines is 1. The molecular formula is C25H27N5O3. The Morgan fingerprint density at radius 1 is 0.818 bits per heavy atom. The molecule has 33 heavy (non-hydrogen) atoms. The molecule has 0 amide bonds. The van der Waals surface area contributed by atoms with Gasteiger partial charge in [0, 0.05) is 11.8 Å². The first-order valence-corrected chi connectivity index (χ1v) is 11.1. The minimum absolute atomic E-state index is 0.0353. The molecule has 4 aromatic rings. The third kappa shape index (κ3) is 4.45. The SMILES string of the molecule is Nc1ncnc2c1ncn2[C@H]1[C@H](O)[C@@H](COCc2ccccc2)[C@@H]1COCc1ccccc1. The van der Waals surface area contributed by atoms with Crippen LogP contribution in [0.2, 0.25) is 0 Å². The van der Waals surface area contributed by atoms with Crippen molar-refractivity contribution in [2.45, 2.75) is 25.4 Å². The van der Waals surface area contributed by atoms with Crippen molar-refractivity contribution in [2.24, 2.45) is 11.8 Å². The van der Waals surface area contributed by atoms with Crippen molar-refractivity contribution >= 4 is 17.0 Å². The molecule has 0 spiro atoms. The van der Waals surface area contributed by atoms with Crippen molar-refractivity contribution < 1.29 is 14.6 Å². The number of hydrogen-bond acceptors (Lipinski definition) is 7. The Morgan fingerprint density at radius 3 is 2.06 bits per heavy atom. The van der Waals surface area contributed by atoms with Gasteiger partial charge in [0.1, 0.15) is 11.8 Å². The first-order valence-electron chi connectivity index (χ1n) is 11.1. The van der Waals surface area contributed by atoms with Gasteiger partial charge >= 0.3 is 0 Å². The molecule has 1 aliphatic rings. The highest BCUT2D eigenvalue weighted by Crippen LogP contribution is 2.46. The zero-order valence-electron chi connectivity index (χ0n) is 18.2. The summed E-state index contributed by atoms with van der Waals surface area (Å²) in [6.45, 7) is 1.94. The number of aliphatic hydroxyl groups is 1. The second-order valence-electron chi connectivity index (χ2n) is 8.39. The highest BCUT2D eigenvalue weighted by atomic mass is 16.5. The van der Waals surface area contributed by atoms with E-state index in [1.54, 1.807) is 6.33 Å². The lowest BCUT2D eigenvalue weighted by molar-refractivity contribution is -0.146. The summed E-state index contributed by atoms with van der Waals surface area (Å²) < 4.78 is 13.9. The summed E-state index contributed by atoms with van der Waals surface area (Å²) in [5.74, 6) is 0.298. The monoisotopic (exact) mass is 445 g/mol. The molecule has 2 heterocycles. The van der Waals surface area contributed by atoms with Crippen molar-refractivity contribution in [3.05, 3.63) is 84.4 Å². The molecule has 3 N–H and O–H groups in total. The third-order valence-electron chi connectivity index (χ3n) is 6.33. The number of aliphatic hydroxyl groups excluding tert-OH is 1. The fraction of sp³-hybridized carbons (Fsp3) is 0.320. The lowest BCUT2D eigenvalue weighted by Gasteiger charge is -2.49. The minimum Gasteiger partial charge on any atom is -0.391 e. The molecule has 170 valence electrons. The van der Waals surface area contributed by atoms with Crippen LogP contribution in [-0.4, -0.2) is 43.9 Å². The summed E-state index contributed by atoms with van der Waals surface area (Å²) in [4.78, 5) is 12.7. The molecule has 1 saturated carbocycles. The maximum atomic E-state index is 11.1. The molecule has 0 radical (unpaired) electrons. The van der Waals surface area contributed by atoms with Crippen LogP contribution in [0, 0.1) is 11.8 Å². The maximum absolute atomic E-state index is 11.1. The number of ether oxygens (including phenoxy) is 2. The topological polar surface area (TPSA) is 108 Å². The Labute approximate surface area is 192 Å². The third-order valence-corrected chi connectivity index (χ3v) is 6.33. The average Bonchev–Trinajstić information content (AvgIpc) is 3.27. The number of hydrogen-bond donors (Lipinski definition) is 2. The Morgan fingerprint density at radius 2 is 1.42 bits per heavy atom. The van der Waals surface area contributed by atoms with Crippen molar-refractivity contribution in [2.75, 3.05) is 18.9 Å². The summed E-state index contributed by atoms with van der Waals surface area (Å²) in [5.41, 5.74) is 9.33. The minimum atomic E-state index is -0.611. The van der Waals surface area contributed by atoms with Gasteiger partial charge in [-0.1, -0.05) is 60.7 Å². The number of benzene rings is 2. The van der Waals surface area contributed by atoms with Crippen LogP contribution in [0.3, 0.4) is 0 Å². The zero-order valence-corrected chi connectivity index (χ0v) is 18.2. The molecule has 5 rings (SSSR count). The van der Waals surface area contributed by atoms with E-state index in [1.807, 2.05) is 65.2 Å². The second kappa shape index (κ2) is 9.66. The molecule has 0 unspecified atom stereocenters. The van der Waals surface area contributed by atoms with E-state index in [2.05, 4.69) is 15.0 Å². The fourth-order valence-electron chi connectivity index (χ4n) is 4.55. The number of nitrogens with two attached hydrogens (primary N) is 1. The smallest absolute Gasteiger partial charge is 0.165 e. The molecular weight excluding hydrogens is 418 g/mol. The molecule has 4 atom stereocenters. The zero-order chi connectivity index (χ0) is 22.6. The van der Waals surface area contributed by atoms with Crippen LogP contribution in [0.5, 0.6) is 0 Å². The fourth-order valence-corrected chi connectivity index (χ4v) is 4.55. The normalized spacial score (nSPS) is 22.3. The first kappa shape index (κ1) is 21.5. The van der Waals surface area contributed by atoms with Gasteiger partial charge in [0.2, 0.25) is 0 Å². The molecule has 0 saturated heterocycles. The number of nitrogens with zero attached hydrogens (tertiary/aromatic N) is 4. The van der Waals surface area contributed by atoms with E-state index in [0.717, 1.165) is 11.1 Å². The van der Waals surface area contributed by atoms with Crippen LogP contribution < -0.4 is 5.73 Å². The van der Waals surface area contributed by atoms with E-state index in [-0.39, 0.29) is 17.9 Å². The van der Waals surface area contributed by atoms with Crippen LogP contribution in [-0.2, 0) is 22.7 Å². The number of nitrogen functional groups attached to an aromatic ring is 1. The van der Waals surface area contributed by atoms with Crippen molar-refractivity contribution in [1.29, 1.82) is 0 Å². The van der Waals surface area contributed by atoms with Crippen LogP contribution in [0.25, 0.3) is 11.2 Å². The highest BCUT2D eigenvalue weighted by Gasteiger charge is 2.51. The summed E-state index contributed by atoms with van der Waals surface area (Å²) in [6, 6.07) is 19.8. The predicted molar refractivity (Wildman–Crippen MR) is 124 cm³/mol. The number of aromatic nitrogens is 4. The predicted octanol–water partition coefficient (Wildman–Crippen LogP) is 2.99. The van der Waals surface area contributed by atoms with Crippen LogP contribution in [0.15, 0.2) is 73.3 Å². The second-order valence-corrected chi connectivity index (χ2v) is 8.39. The van der Waals surface area contributed by atoms with Crippen molar-refractivity contribution in [3.63, 3.8) is 0 Å². The van der Waals surface area contributed by atoms with Gasteiger partial charge in [-0.15, -0.1) is 0 Å². The van der Waals surface area contributed by atoms with Crippen molar-refractivity contribution in [1.82, 2.24) is 19.5 Å². The van der Waals surface area contributed by atoms with Gasteiger partial charge in [-0.05, 0) is 11.1 Å². The van der Waals surface area contributed by atoms with E-state index < -0.39 is 6.10 Å². The summed E-state index contributed by atoms with van der Waals surface area (Å²) in [7, 11) is 0. The van der Waals surface area contributed by atoms with E-state index in [1.165, 1.54) is 6.33 Å². The van der Waals surface area contributed by atoms with Crippen LogP contribution >= 0.6 is 0 Å². The van der Waals surface area contributed by atoms with E-state index in [9.17, 15) is 5.11 Å². The lowest BCUT2D eigenvalue weighted by atomic mass is 9.67. The van der Waals surface area contributed by atoms with Gasteiger partial charge in [0.15, 0.2) is 11.5 Å². The number of rotatable bonds is 9. The Balaban J connectivity index is 1.31.